The van der Waals surface area contributed by atoms with E-state index in [1.165, 1.54) is 40.4 Å². The Hall–Kier alpha value is -1.13. The summed E-state index contributed by atoms with van der Waals surface area (Å²) in [6, 6.07) is 2.44. The van der Waals surface area contributed by atoms with Gasteiger partial charge in [-0.3, -0.25) is 4.57 Å². The number of fused-ring (bicyclic) bond motifs is 2. The van der Waals surface area contributed by atoms with Crippen molar-refractivity contribution in [2.24, 2.45) is 11.1 Å². The quantitative estimate of drug-likeness (QED) is 0.872. The van der Waals surface area contributed by atoms with E-state index in [0.717, 1.165) is 24.4 Å². The first-order valence-electron chi connectivity index (χ1n) is 7.90. The summed E-state index contributed by atoms with van der Waals surface area (Å²) >= 11 is 1.88. The Labute approximate surface area is 130 Å². The van der Waals surface area contributed by atoms with Crippen molar-refractivity contribution >= 4 is 11.3 Å². The van der Waals surface area contributed by atoms with Crippen LogP contribution in [0, 0.1) is 12.3 Å². The van der Waals surface area contributed by atoms with Crippen molar-refractivity contribution < 1.29 is 0 Å². The highest BCUT2D eigenvalue weighted by Gasteiger charge is 2.34. The largest absolute Gasteiger partial charge is 0.324 e. The highest BCUT2D eigenvalue weighted by atomic mass is 32.1. The molecule has 2 heterocycles. The highest BCUT2D eigenvalue weighted by molar-refractivity contribution is 7.14. The number of nitrogens with zero attached hydrogens (tertiary/aromatic N) is 2. The van der Waals surface area contributed by atoms with E-state index in [4.69, 9.17) is 10.7 Å². The van der Waals surface area contributed by atoms with Gasteiger partial charge >= 0.3 is 0 Å². The molecular weight excluding hydrogens is 278 g/mol. The van der Waals surface area contributed by atoms with Crippen LogP contribution in [-0.2, 0) is 19.3 Å². The fourth-order valence-electron chi connectivity index (χ4n) is 3.99. The molecule has 3 nitrogen and oxygen atoms in total. The summed E-state index contributed by atoms with van der Waals surface area (Å²) in [6.45, 7) is 6.83. The number of aromatic nitrogens is 2. The van der Waals surface area contributed by atoms with Crippen molar-refractivity contribution in [2.75, 3.05) is 0 Å². The van der Waals surface area contributed by atoms with Gasteiger partial charge in [0.25, 0.3) is 0 Å². The molecule has 0 bridgehead atoms. The summed E-state index contributed by atoms with van der Waals surface area (Å²) in [7, 11) is 0. The van der Waals surface area contributed by atoms with Gasteiger partial charge in [0.2, 0.25) is 0 Å². The van der Waals surface area contributed by atoms with E-state index < -0.39 is 0 Å². The van der Waals surface area contributed by atoms with E-state index in [0.29, 0.717) is 0 Å². The number of nitrogens with two attached hydrogens (primary N) is 1. The molecule has 0 saturated heterocycles. The van der Waals surface area contributed by atoms with Crippen LogP contribution in [0.3, 0.4) is 0 Å². The van der Waals surface area contributed by atoms with E-state index in [2.05, 4.69) is 31.4 Å². The van der Waals surface area contributed by atoms with Crippen molar-refractivity contribution in [1.82, 2.24) is 9.55 Å². The Morgan fingerprint density at radius 2 is 2.19 bits per heavy atom. The SMILES string of the molecule is Cc1cc2c(n1-c1nc3c(s1)CCC3)CC(C)(C)CC2N. The summed E-state index contributed by atoms with van der Waals surface area (Å²) < 4.78 is 2.37. The van der Waals surface area contributed by atoms with Crippen molar-refractivity contribution in [3.63, 3.8) is 0 Å². The molecule has 4 heteroatoms. The van der Waals surface area contributed by atoms with Crippen LogP contribution in [0.4, 0.5) is 0 Å². The first-order valence-corrected chi connectivity index (χ1v) is 8.72. The second-order valence-electron chi connectivity index (χ2n) is 7.39. The summed E-state index contributed by atoms with van der Waals surface area (Å²) in [5.74, 6) is 0. The maximum atomic E-state index is 6.42. The molecule has 2 N–H and O–H groups in total. The molecule has 2 aliphatic carbocycles. The topological polar surface area (TPSA) is 43.8 Å². The van der Waals surface area contributed by atoms with Crippen LogP contribution in [-0.4, -0.2) is 9.55 Å². The molecule has 0 saturated carbocycles. The normalized spacial score (nSPS) is 23.1. The summed E-state index contributed by atoms with van der Waals surface area (Å²) in [5, 5.41) is 1.16. The van der Waals surface area contributed by atoms with Gasteiger partial charge in [-0.05, 0) is 56.1 Å². The average Bonchev–Trinajstić information content (AvgIpc) is 2.99. The van der Waals surface area contributed by atoms with Gasteiger partial charge < -0.3 is 5.73 Å². The Kier molecular flexibility index (Phi) is 2.86. The lowest BCUT2D eigenvalue weighted by Gasteiger charge is -2.34. The van der Waals surface area contributed by atoms with Crippen LogP contribution in [0.5, 0.6) is 0 Å². The summed E-state index contributed by atoms with van der Waals surface area (Å²) in [4.78, 5) is 6.41. The van der Waals surface area contributed by atoms with E-state index in [1.54, 1.807) is 0 Å². The van der Waals surface area contributed by atoms with Crippen LogP contribution >= 0.6 is 11.3 Å². The fourth-order valence-corrected chi connectivity index (χ4v) is 5.22. The summed E-state index contributed by atoms with van der Waals surface area (Å²) in [5.41, 5.74) is 12.0. The maximum Gasteiger partial charge on any atom is 0.194 e. The molecule has 2 aromatic heterocycles. The molecule has 0 spiro atoms. The Balaban J connectivity index is 1.86. The molecule has 0 aromatic carbocycles. The maximum absolute atomic E-state index is 6.42. The molecule has 4 rings (SSSR count). The third-order valence-electron chi connectivity index (χ3n) is 4.91. The molecule has 0 radical (unpaired) electrons. The van der Waals surface area contributed by atoms with Crippen molar-refractivity contribution in [3.05, 3.63) is 33.6 Å². The molecule has 1 atom stereocenters. The fraction of sp³-hybridized carbons (Fsp3) is 0.588. The zero-order valence-corrected chi connectivity index (χ0v) is 13.9. The van der Waals surface area contributed by atoms with Crippen molar-refractivity contribution in [1.29, 1.82) is 0 Å². The predicted molar refractivity (Wildman–Crippen MR) is 87.2 cm³/mol. The van der Waals surface area contributed by atoms with Crippen LogP contribution in [0.15, 0.2) is 6.07 Å². The highest BCUT2D eigenvalue weighted by Crippen LogP contribution is 2.42. The standard InChI is InChI=1S/C17H23N3S/c1-10-7-11-12(18)8-17(2,3)9-14(11)20(10)16-19-13-5-4-6-15(13)21-16/h7,12H,4-6,8-9,18H2,1-3H3. The molecule has 1 unspecified atom stereocenters. The van der Waals surface area contributed by atoms with Crippen LogP contribution in [0.2, 0.25) is 0 Å². The summed E-state index contributed by atoms with van der Waals surface area (Å²) in [6.07, 6.45) is 5.79. The second kappa shape index (κ2) is 4.43. The van der Waals surface area contributed by atoms with Crippen LogP contribution < -0.4 is 5.73 Å². The van der Waals surface area contributed by atoms with Gasteiger partial charge in [0.15, 0.2) is 5.13 Å². The van der Waals surface area contributed by atoms with Crippen molar-refractivity contribution in [3.8, 4) is 5.13 Å². The number of aryl methyl sites for hydroxylation is 3. The molecule has 0 amide bonds. The lowest BCUT2D eigenvalue weighted by molar-refractivity contribution is 0.278. The molecule has 2 aromatic rings. The molecule has 0 fully saturated rings. The van der Waals surface area contributed by atoms with Crippen LogP contribution in [0.25, 0.3) is 5.13 Å². The Morgan fingerprint density at radius 3 is 2.95 bits per heavy atom. The van der Waals surface area contributed by atoms with Crippen molar-refractivity contribution in [2.45, 2.75) is 58.9 Å². The van der Waals surface area contributed by atoms with E-state index in [1.807, 2.05) is 11.3 Å². The van der Waals surface area contributed by atoms with E-state index in [-0.39, 0.29) is 11.5 Å². The third-order valence-corrected chi connectivity index (χ3v) is 6.06. The van der Waals surface area contributed by atoms with Gasteiger partial charge in [-0.25, -0.2) is 4.98 Å². The van der Waals surface area contributed by atoms with Gasteiger partial charge in [0.1, 0.15) is 0 Å². The first kappa shape index (κ1) is 13.5. The van der Waals surface area contributed by atoms with Gasteiger partial charge in [0.05, 0.1) is 5.69 Å². The monoisotopic (exact) mass is 301 g/mol. The number of hydrogen-bond donors (Lipinski definition) is 1. The van der Waals surface area contributed by atoms with E-state index >= 15 is 0 Å². The Bertz CT molecular complexity index is 686. The van der Waals surface area contributed by atoms with Gasteiger partial charge in [0, 0.05) is 22.3 Å². The van der Waals surface area contributed by atoms with Gasteiger partial charge in [-0.2, -0.15) is 0 Å². The van der Waals surface area contributed by atoms with Crippen LogP contribution in [0.1, 0.15) is 60.3 Å². The second-order valence-corrected chi connectivity index (χ2v) is 8.46. The molecule has 0 aliphatic heterocycles. The first-order chi connectivity index (χ1) is 9.94. The molecule has 112 valence electrons. The zero-order valence-electron chi connectivity index (χ0n) is 13.1. The van der Waals surface area contributed by atoms with E-state index in [9.17, 15) is 0 Å². The minimum atomic E-state index is 0.163. The molecule has 2 aliphatic rings. The number of hydrogen-bond acceptors (Lipinski definition) is 3. The number of thiazole rings is 1. The lowest BCUT2D eigenvalue weighted by atomic mass is 9.74. The minimum Gasteiger partial charge on any atom is -0.324 e. The lowest BCUT2D eigenvalue weighted by Crippen LogP contribution is -2.30. The number of rotatable bonds is 1. The Morgan fingerprint density at radius 1 is 1.38 bits per heavy atom. The molecular formula is C17H23N3S. The predicted octanol–water partition coefficient (Wildman–Crippen LogP) is 3.70. The minimum absolute atomic E-state index is 0.163. The van der Waals surface area contributed by atoms with Gasteiger partial charge in [-0.1, -0.05) is 13.8 Å². The smallest absolute Gasteiger partial charge is 0.194 e. The average molecular weight is 301 g/mol. The zero-order chi connectivity index (χ0) is 14.8. The third kappa shape index (κ3) is 2.08. The van der Waals surface area contributed by atoms with Gasteiger partial charge in [-0.15, -0.1) is 11.3 Å². The molecule has 21 heavy (non-hydrogen) atoms.